The highest BCUT2D eigenvalue weighted by Gasteiger charge is 2.19. The molecule has 130 valence electrons. The average molecular weight is 350 g/mol. The standard InChI is InChI=1S/C16H22N4O3S/c1-5-11(15(21)18-16-20-19-14(6-2)24-16)17-12-8-7-10(22-3)9-13(12)23-4/h7-9,11,17H,5-6H2,1-4H3,(H,18,20,21)/t11-/m0/s1. The van der Waals surface area contributed by atoms with Crippen LogP contribution in [-0.2, 0) is 11.2 Å². The first-order chi connectivity index (χ1) is 11.6. The number of anilines is 2. The number of carbonyl (C=O) groups excluding carboxylic acids is 1. The monoisotopic (exact) mass is 350 g/mol. The predicted octanol–water partition coefficient (Wildman–Crippen LogP) is 2.95. The molecule has 0 radical (unpaired) electrons. The highest BCUT2D eigenvalue weighted by molar-refractivity contribution is 7.15. The van der Waals surface area contributed by atoms with Gasteiger partial charge in [-0.1, -0.05) is 25.2 Å². The van der Waals surface area contributed by atoms with Gasteiger partial charge in [0.1, 0.15) is 22.5 Å². The lowest BCUT2D eigenvalue weighted by atomic mass is 10.2. The largest absolute Gasteiger partial charge is 0.497 e. The van der Waals surface area contributed by atoms with Crippen molar-refractivity contribution in [1.29, 1.82) is 0 Å². The van der Waals surface area contributed by atoms with Crippen LogP contribution in [0.5, 0.6) is 11.5 Å². The summed E-state index contributed by atoms with van der Waals surface area (Å²) in [7, 11) is 3.17. The van der Waals surface area contributed by atoms with Crippen molar-refractivity contribution in [2.75, 3.05) is 24.9 Å². The molecule has 2 N–H and O–H groups in total. The molecular weight excluding hydrogens is 328 g/mol. The Bertz CT molecular complexity index is 690. The summed E-state index contributed by atoms with van der Waals surface area (Å²) in [5.74, 6) is 1.15. The van der Waals surface area contributed by atoms with Crippen LogP contribution in [0.25, 0.3) is 0 Å². The van der Waals surface area contributed by atoms with Gasteiger partial charge >= 0.3 is 0 Å². The first-order valence-corrected chi connectivity index (χ1v) is 8.54. The molecule has 1 atom stereocenters. The third-order valence-corrected chi connectivity index (χ3v) is 4.45. The second-order valence-corrected chi connectivity index (χ2v) is 6.08. The van der Waals surface area contributed by atoms with Crippen molar-refractivity contribution in [2.24, 2.45) is 0 Å². The summed E-state index contributed by atoms with van der Waals surface area (Å²) < 4.78 is 10.5. The Balaban J connectivity index is 2.09. The lowest BCUT2D eigenvalue weighted by Gasteiger charge is -2.19. The van der Waals surface area contributed by atoms with E-state index in [1.54, 1.807) is 20.3 Å². The quantitative estimate of drug-likeness (QED) is 0.761. The Kier molecular flexibility index (Phi) is 6.36. The summed E-state index contributed by atoms with van der Waals surface area (Å²) in [4.78, 5) is 12.5. The first kappa shape index (κ1) is 18.0. The third-order valence-electron chi connectivity index (χ3n) is 3.46. The number of carbonyl (C=O) groups is 1. The molecule has 0 aliphatic rings. The second kappa shape index (κ2) is 8.49. The molecule has 0 unspecified atom stereocenters. The van der Waals surface area contributed by atoms with Gasteiger partial charge in [-0.25, -0.2) is 0 Å². The van der Waals surface area contributed by atoms with Crippen LogP contribution >= 0.6 is 11.3 Å². The fraction of sp³-hybridized carbons (Fsp3) is 0.438. The Morgan fingerprint density at radius 3 is 2.62 bits per heavy atom. The number of amides is 1. The van der Waals surface area contributed by atoms with E-state index in [-0.39, 0.29) is 5.91 Å². The summed E-state index contributed by atoms with van der Waals surface area (Å²) in [6.07, 6.45) is 1.41. The molecule has 0 aliphatic carbocycles. The molecule has 2 aromatic rings. The SMILES string of the molecule is CCc1nnc(NC(=O)[C@H](CC)Nc2ccc(OC)cc2OC)s1. The van der Waals surface area contributed by atoms with Gasteiger partial charge in [-0.15, -0.1) is 10.2 Å². The zero-order valence-electron chi connectivity index (χ0n) is 14.3. The van der Waals surface area contributed by atoms with Gasteiger partial charge < -0.3 is 14.8 Å². The van der Waals surface area contributed by atoms with E-state index in [9.17, 15) is 4.79 Å². The van der Waals surface area contributed by atoms with Gasteiger partial charge in [0.05, 0.1) is 19.9 Å². The number of benzene rings is 1. The van der Waals surface area contributed by atoms with Crippen molar-refractivity contribution < 1.29 is 14.3 Å². The molecule has 0 aliphatic heterocycles. The van der Waals surface area contributed by atoms with E-state index in [1.807, 2.05) is 26.0 Å². The van der Waals surface area contributed by atoms with Crippen molar-refractivity contribution in [3.05, 3.63) is 23.2 Å². The molecule has 0 fully saturated rings. The summed E-state index contributed by atoms with van der Waals surface area (Å²) in [5, 5.41) is 15.4. The molecule has 0 saturated heterocycles. The molecule has 1 heterocycles. The van der Waals surface area contributed by atoms with Crippen molar-refractivity contribution in [1.82, 2.24) is 10.2 Å². The Hall–Kier alpha value is -2.35. The van der Waals surface area contributed by atoms with E-state index in [0.29, 0.717) is 23.1 Å². The van der Waals surface area contributed by atoms with Crippen LogP contribution in [0.3, 0.4) is 0 Å². The van der Waals surface area contributed by atoms with E-state index < -0.39 is 6.04 Å². The van der Waals surface area contributed by atoms with Crippen molar-refractivity contribution in [3.63, 3.8) is 0 Å². The molecule has 1 amide bonds. The zero-order chi connectivity index (χ0) is 17.5. The smallest absolute Gasteiger partial charge is 0.248 e. The van der Waals surface area contributed by atoms with E-state index in [2.05, 4.69) is 20.8 Å². The number of ether oxygens (including phenoxy) is 2. The van der Waals surface area contributed by atoms with E-state index >= 15 is 0 Å². The fourth-order valence-corrected chi connectivity index (χ4v) is 2.78. The number of nitrogens with zero attached hydrogens (tertiary/aromatic N) is 2. The summed E-state index contributed by atoms with van der Waals surface area (Å²) in [6, 6.07) is 4.99. The number of rotatable bonds is 8. The van der Waals surface area contributed by atoms with E-state index in [4.69, 9.17) is 9.47 Å². The maximum atomic E-state index is 12.5. The fourth-order valence-electron chi connectivity index (χ4n) is 2.10. The Morgan fingerprint density at radius 1 is 1.25 bits per heavy atom. The minimum atomic E-state index is -0.415. The number of nitrogens with one attached hydrogen (secondary N) is 2. The maximum absolute atomic E-state index is 12.5. The third kappa shape index (κ3) is 4.35. The summed E-state index contributed by atoms with van der Waals surface area (Å²) >= 11 is 1.38. The molecule has 8 heteroatoms. The molecule has 1 aromatic heterocycles. The van der Waals surface area contributed by atoms with Crippen LogP contribution < -0.4 is 20.1 Å². The predicted molar refractivity (Wildman–Crippen MR) is 95.2 cm³/mol. The lowest BCUT2D eigenvalue weighted by molar-refractivity contribution is -0.117. The number of methoxy groups -OCH3 is 2. The highest BCUT2D eigenvalue weighted by atomic mass is 32.1. The van der Waals surface area contributed by atoms with Crippen molar-refractivity contribution in [2.45, 2.75) is 32.7 Å². The van der Waals surface area contributed by atoms with Crippen LogP contribution in [-0.4, -0.2) is 36.4 Å². The van der Waals surface area contributed by atoms with E-state index in [0.717, 1.165) is 17.1 Å². The van der Waals surface area contributed by atoms with Gasteiger partial charge in [-0.3, -0.25) is 10.1 Å². The molecule has 2 rings (SSSR count). The molecule has 24 heavy (non-hydrogen) atoms. The number of aryl methyl sites for hydroxylation is 1. The first-order valence-electron chi connectivity index (χ1n) is 7.73. The minimum Gasteiger partial charge on any atom is -0.497 e. The molecule has 7 nitrogen and oxygen atoms in total. The van der Waals surface area contributed by atoms with Crippen molar-refractivity contribution >= 4 is 28.1 Å². The van der Waals surface area contributed by atoms with Crippen LogP contribution in [0.15, 0.2) is 18.2 Å². The maximum Gasteiger partial charge on any atom is 0.248 e. The topological polar surface area (TPSA) is 85.4 Å². The number of hydrogen-bond acceptors (Lipinski definition) is 7. The van der Waals surface area contributed by atoms with Crippen molar-refractivity contribution in [3.8, 4) is 11.5 Å². The minimum absolute atomic E-state index is 0.158. The Labute approximate surface area is 145 Å². The lowest BCUT2D eigenvalue weighted by Crippen LogP contribution is -2.34. The van der Waals surface area contributed by atoms with Crippen LogP contribution in [0.1, 0.15) is 25.3 Å². The van der Waals surface area contributed by atoms with Gasteiger partial charge in [-0.05, 0) is 25.0 Å². The van der Waals surface area contributed by atoms with Crippen LogP contribution in [0.2, 0.25) is 0 Å². The van der Waals surface area contributed by atoms with E-state index in [1.165, 1.54) is 11.3 Å². The zero-order valence-corrected chi connectivity index (χ0v) is 15.1. The molecular formula is C16H22N4O3S. The molecule has 0 saturated carbocycles. The van der Waals surface area contributed by atoms with Crippen LogP contribution in [0, 0.1) is 0 Å². The molecule has 0 bridgehead atoms. The molecule has 0 spiro atoms. The Morgan fingerprint density at radius 2 is 2.04 bits per heavy atom. The van der Waals surface area contributed by atoms with Gasteiger partial charge in [0.2, 0.25) is 11.0 Å². The molecule has 1 aromatic carbocycles. The number of hydrogen-bond donors (Lipinski definition) is 2. The number of aromatic nitrogens is 2. The summed E-state index contributed by atoms with van der Waals surface area (Å²) in [6.45, 7) is 3.93. The summed E-state index contributed by atoms with van der Waals surface area (Å²) in [5.41, 5.74) is 0.729. The van der Waals surface area contributed by atoms with Gasteiger partial charge in [0.25, 0.3) is 0 Å². The normalized spacial score (nSPS) is 11.7. The van der Waals surface area contributed by atoms with Crippen LogP contribution in [0.4, 0.5) is 10.8 Å². The van der Waals surface area contributed by atoms with Gasteiger partial charge in [0.15, 0.2) is 0 Å². The van der Waals surface area contributed by atoms with Gasteiger partial charge in [-0.2, -0.15) is 0 Å². The average Bonchev–Trinajstić information content (AvgIpc) is 3.06. The highest BCUT2D eigenvalue weighted by Crippen LogP contribution is 2.30. The second-order valence-electron chi connectivity index (χ2n) is 5.02. The van der Waals surface area contributed by atoms with Gasteiger partial charge in [0, 0.05) is 6.07 Å².